The molecule has 112 valence electrons. The summed E-state index contributed by atoms with van der Waals surface area (Å²) in [6.07, 6.45) is 0. The molecular weight excluding hydrogens is 336 g/mol. The van der Waals surface area contributed by atoms with Crippen molar-refractivity contribution < 1.29 is 9.13 Å². The Labute approximate surface area is 137 Å². The van der Waals surface area contributed by atoms with Crippen molar-refractivity contribution in [2.24, 2.45) is 0 Å². The molecule has 21 heavy (non-hydrogen) atoms. The molecule has 2 rings (SSSR count). The first kappa shape index (κ1) is 16.2. The first-order valence-electron chi connectivity index (χ1n) is 6.31. The molecule has 0 bridgehead atoms. The van der Waals surface area contributed by atoms with Gasteiger partial charge in [-0.1, -0.05) is 34.8 Å². The van der Waals surface area contributed by atoms with Gasteiger partial charge in [0.2, 0.25) is 0 Å². The average Bonchev–Trinajstić information content (AvgIpc) is 2.45. The molecule has 0 aliphatic rings. The van der Waals surface area contributed by atoms with Crippen molar-refractivity contribution in [3.05, 3.63) is 56.8 Å². The Kier molecular flexibility index (Phi) is 5.57. The van der Waals surface area contributed by atoms with Crippen LogP contribution in [0, 0.1) is 5.82 Å². The minimum Gasteiger partial charge on any atom is -0.492 e. The van der Waals surface area contributed by atoms with Crippen molar-refractivity contribution in [2.75, 3.05) is 11.9 Å². The molecular formula is C15H13Cl3FNO. The zero-order valence-electron chi connectivity index (χ0n) is 11.2. The molecule has 0 saturated carbocycles. The van der Waals surface area contributed by atoms with Gasteiger partial charge >= 0.3 is 0 Å². The Morgan fingerprint density at radius 3 is 2.52 bits per heavy atom. The fourth-order valence-electron chi connectivity index (χ4n) is 1.83. The van der Waals surface area contributed by atoms with Crippen molar-refractivity contribution >= 4 is 40.5 Å². The summed E-state index contributed by atoms with van der Waals surface area (Å²) in [7, 11) is 0. The molecule has 2 nitrogen and oxygen atoms in total. The van der Waals surface area contributed by atoms with E-state index in [4.69, 9.17) is 39.5 Å². The summed E-state index contributed by atoms with van der Waals surface area (Å²) in [6, 6.07) is 7.60. The maximum Gasteiger partial charge on any atom is 0.145 e. The van der Waals surface area contributed by atoms with Gasteiger partial charge in [0.15, 0.2) is 0 Å². The highest BCUT2D eigenvalue weighted by atomic mass is 35.5. The minimum atomic E-state index is -0.358. The summed E-state index contributed by atoms with van der Waals surface area (Å²) in [4.78, 5) is 0. The molecule has 0 radical (unpaired) electrons. The van der Waals surface area contributed by atoms with Gasteiger partial charge in [-0.25, -0.2) is 4.39 Å². The van der Waals surface area contributed by atoms with Crippen LogP contribution in [0.1, 0.15) is 12.5 Å². The van der Waals surface area contributed by atoms with Crippen LogP contribution in [0.15, 0.2) is 30.3 Å². The molecule has 0 aliphatic heterocycles. The standard InChI is InChI=1S/C15H13Cl3FNO/c1-2-21-14-7-9(19)3-6-13(14)20-8-10-11(16)4-5-12(17)15(10)18/h3-7,20H,2,8H2,1H3. The quantitative estimate of drug-likeness (QED) is 0.690. The topological polar surface area (TPSA) is 21.3 Å². The lowest BCUT2D eigenvalue weighted by atomic mass is 10.2. The fourth-order valence-corrected chi connectivity index (χ4v) is 2.51. The van der Waals surface area contributed by atoms with Gasteiger partial charge in [-0.05, 0) is 31.2 Å². The van der Waals surface area contributed by atoms with Crippen LogP contribution in [-0.2, 0) is 6.54 Å². The molecule has 0 heterocycles. The molecule has 0 fully saturated rings. The second-order valence-corrected chi connectivity index (χ2v) is 5.44. The summed E-state index contributed by atoms with van der Waals surface area (Å²) in [5.74, 6) is 0.0783. The Morgan fingerprint density at radius 2 is 1.81 bits per heavy atom. The summed E-state index contributed by atoms with van der Waals surface area (Å²) in [5.41, 5.74) is 1.34. The molecule has 0 unspecified atom stereocenters. The monoisotopic (exact) mass is 347 g/mol. The zero-order valence-corrected chi connectivity index (χ0v) is 13.5. The highest BCUT2D eigenvalue weighted by Gasteiger charge is 2.11. The van der Waals surface area contributed by atoms with Crippen LogP contribution in [0.25, 0.3) is 0 Å². The van der Waals surface area contributed by atoms with Crippen LogP contribution in [0.3, 0.4) is 0 Å². The third-order valence-electron chi connectivity index (χ3n) is 2.84. The second-order valence-electron chi connectivity index (χ2n) is 4.25. The molecule has 6 heteroatoms. The van der Waals surface area contributed by atoms with Gasteiger partial charge < -0.3 is 10.1 Å². The number of benzene rings is 2. The van der Waals surface area contributed by atoms with E-state index in [2.05, 4.69) is 5.32 Å². The number of halogens is 4. The van der Waals surface area contributed by atoms with Crippen molar-refractivity contribution in [3.8, 4) is 5.75 Å². The smallest absolute Gasteiger partial charge is 0.145 e. The number of rotatable bonds is 5. The van der Waals surface area contributed by atoms with Crippen LogP contribution < -0.4 is 10.1 Å². The molecule has 0 amide bonds. The molecule has 0 aliphatic carbocycles. The molecule has 2 aromatic carbocycles. The van der Waals surface area contributed by atoms with Gasteiger partial charge in [0.25, 0.3) is 0 Å². The molecule has 2 aromatic rings. The number of hydrogen-bond donors (Lipinski definition) is 1. The van der Waals surface area contributed by atoms with E-state index in [1.807, 2.05) is 6.92 Å². The number of nitrogens with one attached hydrogen (secondary N) is 1. The van der Waals surface area contributed by atoms with E-state index >= 15 is 0 Å². The largest absolute Gasteiger partial charge is 0.492 e. The Bertz CT molecular complexity index is 649. The van der Waals surface area contributed by atoms with E-state index in [9.17, 15) is 4.39 Å². The predicted octanol–water partition coefficient (Wildman–Crippen LogP) is 5.80. The van der Waals surface area contributed by atoms with E-state index < -0.39 is 0 Å². The third-order valence-corrected chi connectivity index (χ3v) is 4.04. The number of hydrogen-bond acceptors (Lipinski definition) is 2. The molecule has 1 N–H and O–H groups in total. The van der Waals surface area contributed by atoms with Crippen LogP contribution in [0.4, 0.5) is 10.1 Å². The van der Waals surface area contributed by atoms with E-state index in [1.165, 1.54) is 12.1 Å². The molecule has 0 spiro atoms. The Hall–Kier alpha value is -1.16. The van der Waals surface area contributed by atoms with E-state index in [0.717, 1.165) is 0 Å². The van der Waals surface area contributed by atoms with Crippen LogP contribution >= 0.6 is 34.8 Å². The van der Waals surface area contributed by atoms with Gasteiger partial charge in [-0.3, -0.25) is 0 Å². The minimum absolute atomic E-state index is 0.351. The first-order chi connectivity index (χ1) is 10.0. The van der Waals surface area contributed by atoms with Gasteiger partial charge in [-0.15, -0.1) is 0 Å². The first-order valence-corrected chi connectivity index (χ1v) is 7.45. The summed E-state index contributed by atoms with van der Waals surface area (Å²) >= 11 is 18.2. The maximum absolute atomic E-state index is 13.2. The average molecular weight is 349 g/mol. The Balaban J connectivity index is 2.23. The summed E-state index contributed by atoms with van der Waals surface area (Å²) in [5, 5.41) is 4.47. The zero-order chi connectivity index (χ0) is 15.4. The van der Waals surface area contributed by atoms with Gasteiger partial charge in [0.05, 0.1) is 22.3 Å². The Morgan fingerprint density at radius 1 is 1.10 bits per heavy atom. The molecule has 0 atom stereocenters. The van der Waals surface area contributed by atoms with Crippen LogP contribution in [0.2, 0.25) is 15.1 Å². The number of anilines is 1. The fraction of sp³-hybridized carbons (Fsp3) is 0.200. The maximum atomic E-state index is 13.2. The van der Waals surface area contributed by atoms with E-state index in [-0.39, 0.29) is 5.82 Å². The lowest BCUT2D eigenvalue weighted by molar-refractivity contribution is 0.340. The molecule has 0 saturated heterocycles. The lowest BCUT2D eigenvalue weighted by Crippen LogP contribution is -2.04. The van der Waals surface area contributed by atoms with Gasteiger partial charge in [0, 0.05) is 23.2 Å². The SMILES string of the molecule is CCOc1cc(F)ccc1NCc1c(Cl)ccc(Cl)c1Cl. The van der Waals surface area contributed by atoms with Gasteiger partial charge in [0.1, 0.15) is 11.6 Å². The normalized spacial score (nSPS) is 10.5. The highest BCUT2D eigenvalue weighted by Crippen LogP contribution is 2.33. The van der Waals surface area contributed by atoms with Crippen molar-refractivity contribution in [1.29, 1.82) is 0 Å². The van der Waals surface area contributed by atoms with Crippen molar-refractivity contribution in [3.63, 3.8) is 0 Å². The van der Waals surface area contributed by atoms with E-state index in [0.29, 0.717) is 45.2 Å². The van der Waals surface area contributed by atoms with E-state index in [1.54, 1.807) is 18.2 Å². The second kappa shape index (κ2) is 7.21. The highest BCUT2D eigenvalue weighted by molar-refractivity contribution is 6.44. The van der Waals surface area contributed by atoms with Crippen LogP contribution in [-0.4, -0.2) is 6.61 Å². The van der Waals surface area contributed by atoms with Gasteiger partial charge in [-0.2, -0.15) is 0 Å². The third kappa shape index (κ3) is 3.94. The summed E-state index contributed by atoms with van der Waals surface area (Å²) < 4.78 is 18.6. The predicted molar refractivity (Wildman–Crippen MR) is 86.4 cm³/mol. The van der Waals surface area contributed by atoms with Crippen LogP contribution in [0.5, 0.6) is 5.75 Å². The van der Waals surface area contributed by atoms with Crippen molar-refractivity contribution in [1.82, 2.24) is 0 Å². The number of ether oxygens (including phenoxy) is 1. The summed E-state index contributed by atoms with van der Waals surface area (Å²) in [6.45, 7) is 2.63. The molecule has 0 aromatic heterocycles. The van der Waals surface area contributed by atoms with Crippen molar-refractivity contribution in [2.45, 2.75) is 13.5 Å². The lowest BCUT2D eigenvalue weighted by Gasteiger charge is -2.14.